The second-order valence-corrected chi connectivity index (χ2v) is 4.85. The molecule has 1 atom stereocenters. The number of hydrogen-bond donors (Lipinski definition) is 2. The highest BCUT2D eigenvalue weighted by atomic mass is 32.1. The molecule has 1 aromatic rings. The van der Waals surface area contributed by atoms with Crippen molar-refractivity contribution < 1.29 is 4.79 Å². The molecule has 4 nitrogen and oxygen atoms in total. The first-order valence-electron chi connectivity index (χ1n) is 5.53. The van der Waals surface area contributed by atoms with Gasteiger partial charge in [0.15, 0.2) is 0 Å². The number of aryl methyl sites for hydroxylation is 1. The summed E-state index contributed by atoms with van der Waals surface area (Å²) in [7, 11) is 0. The van der Waals surface area contributed by atoms with Crippen molar-refractivity contribution in [1.82, 2.24) is 15.6 Å². The van der Waals surface area contributed by atoms with E-state index in [2.05, 4.69) is 15.6 Å². The van der Waals surface area contributed by atoms with Crippen LogP contribution in [0.2, 0.25) is 0 Å². The Labute approximate surface area is 100 Å². The molecule has 0 aliphatic rings. The van der Waals surface area contributed by atoms with Gasteiger partial charge in [0.25, 0.3) is 0 Å². The predicted octanol–water partition coefficient (Wildman–Crippen LogP) is 1.31. The summed E-state index contributed by atoms with van der Waals surface area (Å²) >= 11 is 1.60. The highest BCUT2D eigenvalue weighted by Gasteiger charge is 2.11. The zero-order chi connectivity index (χ0) is 12.0. The van der Waals surface area contributed by atoms with Gasteiger partial charge in [0.2, 0.25) is 5.91 Å². The van der Waals surface area contributed by atoms with Gasteiger partial charge in [-0.1, -0.05) is 13.8 Å². The highest BCUT2D eigenvalue weighted by molar-refractivity contribution is 7.09. The summed E-state index contributed by atoms with van der Waals surface area (Å²) in [4.78, 5) is 15.9. The fraction of sp³-hybridized carbons (Fsp3) is 0.636. The number of carbonyl (C=O) groups excluding carboxylic acids is 1. The van der Waals surface area contributed by atoms with Gasteiger partial charge in [-0.2, -0.15) is 0 Å². The Morgan fingerprint density at radius 3 is 2.94 bits per heavy atom. The van der Waals surface area contributed by atoms with Crippen molar-refractivity contribution in [1.29, 1.82) is 0 Å². The van der Waals surface area contributed by atoms with Crippen molar-refractivity contribution in [2.24, 2.45) is 5.92 Å². The first kappa shape index (κ1) is 13.1. The Morgan fingerprint density at radius 2 is 2.38 bits per heavy atom. The molecule has 16 heavy (non-hydrogen) atoms. The minimum atomic E-state index is -0.000294. The Bertz CT molecular complexity index is 338. The van der Waals surface area contributed by atoms with Crippen molar-refractivity contribution in [3.8, 4) is 0 Å². The van der Waals surface area contributed by atoms with Gasteiger partial charge in [0.05, 0.1) is 17.2 Å². The van der Waals surface area contributed by atoms with Crippen molar-refractivity contribution in [3.63, 3.8) is 0 Å². The molecular weight excluding hydrogens is 222 g/mol. The number of carbonyl (C=O) groups is 1. The molecule has 0 aromatic carbocycles. The molecule has 1 rings (SSSR count). The van der Waals surface area contributed by atoms with Crippen LogP contribution in [0.4, 0.5) is 0 Å². The van der Waals surface area contributed by atoms with E-state index in [0.717, 1.165) is 23.8 Å². The number of aromatic nitrogens is 1. The van der Waals surface area contributed by atoms with E-state index in [1.165, 1.54) is 0 Å². The van der Waals surface area contributed by atoms with E-state index in [4.69, 9.17) is 0 Å². The summed E-state index contributed by atoms with van der Waals surface area (Å²) in [6, 6.07) is 0. The maximum absolute atomic E-state index is 11.7. The van der Waals surface area contributed by atoms with Gasteiger partial charge in [0, 0.05) is 17.8 Å². The van der Waals surface area contributed by atoms with Crippen LogP contribution < -0.4 is 10.6 Å². The van der Waals surface area contributed by atoms with Crippen molar-refractivity contribution in [2.45, 2.75) is 27.3 Å². The third-order valence-electron chi connectivity index (χ3n) is 2.26. The van der Waals surface area contributed by atoms with Gasteiger partial charge in [-0.15, -0.1) is 11.3 Å². The number of nitrogens with zero attached hydrogens (tertiary/aromatic N) is 1. The third kappa shape index (κ3) is 4.28. The van der Waals surface area contributed by atoms with Crippen LogP contribution >= 0.6 is 11.3 Å². The van der Waals surface area contributed by atoms with E-state index >= 15 is 0 Å². The molecule has 0 saturated heterocycles. The maximum Gasteiger partial charge on any atom is 0.224 e. The van der Waals surface area contributed by atoms with E-state index in [9.17, 15) is 4.79 Å². The number of nitrogens with one attached hydrogen (secondary N) is 2. The molecule has 0 bridgehead atoms. The first-order valence-corrected chi connectivity index (χ1v) is 6.41. The fourth-order valence-corrected chi connectivity index (χ4v) is 1.91. The molecule has 1 unspecified atom stereocenters. The van der Waals surface area contributed by atoms with Crippen LogP contribution in [0.3, 0.4) is 0 Å². The van der Waals surface area contributed by atoms with Crippen molar-refractivity contribution >= 4 is 17.2 Å². The van der Waals surface area contributed by atoms with E-state index in [-0.39, 0.29) is 11.8 Å². The molecule has 1 aromatic heterocycles. The number of amides is 1. The lowest BCUT2D eigenvalue weighted by Gasteiger charge is -2.11. The van der Waals surface area contributed by atoms with Gasteiger partial charge in [0.1, 0.15) is 0 Å². The van der Waals surface area contributed by atoms with E-state index < -0.39 is 0 Å². The van der Waals surface area contributed by atoms with Crippen LogP contribution in [0, 0.1) is 12.8 Å². The number of hydrogen-bond acceptors (Lipinski definition) is 4. The molecular formula is C11H19N3OS. The molecule has 0 fully saturated rings. The van der Waals surface area contributed by atoms with Crippen LogP contribution in [-0.2, 0) is 11.3 Å². The summed E-state index contributed by atoms with van der Waals surface area (Å²) in [6.45, 7) is 8.05. The normalized spacial score (nSPS) is 12.4. The largest absolute Gasteiger partial charge is 0.350 e. The Hall–Kier alpha value is -0.940. The molecule has 1 heterocycles. The van der Waals surface area contributed by atoms with E-state index in [0.29, 0.717) is 6.54 Å². The SMILES string of the molecule is CCNCC(C)C(=O)NCc1csc(C)n1. The maximum atomic E-state index is 11.7. The van der Waals surface area contributed by atoms with Crippen LogP contribution in [0.1, 0.15) is 24.5 Å². The van der Waals surface area contributed by atoms with Gasteiger partial charge in [-0.3, -0.25) is 4.79 Å². The first-order chi connectivity index (χ1) is 7.63. The van der Waals surface area contributed by atoms with Gasteiger partial charge < -0.3 is 10.6 Å². The summed E-state index contributed by atoms with van der Waals surface area (Å²) in [5.74, 6) is 0.0753. The highest BCUT2D eigenvalue weighted by Crippen LogP contribution is 2.07. The van der Waals surface area contributed by atoms with Crippen molar-refractivity contribution in [2.75, 3.05) is 13.1 Å². The average molecular weight is 241 g/mol. The van der Waals surface area contributed by atoms with Gasteiger partial charge in [-0.25, -0.2) is 4.98 Å². The lowest BCUT2D eigenvalue weighted by atomic mass is 10.1. The van der Waals surface area contributed by atoms with Crippen molar-refractivity contribution in [3.05, 3.63) is 16.1 Å². The Kier molecular flexibility index (Phi) is 5.42. The second kappa shape index (κ2) is 6.60. The lowest BCUT2D eigenvalue weighted by Crippen LogP contribution is -2.34. The predicted molar refractivity (Wildman–Crippen MR) is 66.4 cm³/mol. The summed E-state index contributed by atoms with van der Waals surface area (Å²) in [5, 5.41) is 9.05. The number of thiazole rings is 1. The summed E-state index contributed by atoms with van der Waals surface area (Å²) < 4.78 is 0. The monoisotopic (exact) mass is 241 g/mol. The standard InChI is InChI=1S/C11H19N3OS/c1-4-12-5-8(2)11(15)13-6-10-7-16-9(3)14-10/h7-8,12H,4-6H2,1-3H3,(H,13,15). The van der Waals surface area contributed by atoms with Crippen LogP contribution in [-0.4, -0.2) is 24.0 Å². The molecule has 0 aliphatic carbocycles. The van der Waals surface area contributed by atoms with Gasteiger partial charge >= 0.3 is 0 Å². The molecule has 1 amide bonds. The van der Waals surface area contributed by atoms with Crippen LogP contribution in [0.25, 0.3) is 0 Å². The molecule has 0 spiro atoms. The minimum absolute atomic E-state index is 0.000294. The molecule has 5 heteroatoms. The topological polar surface area (TPSA) is 54.0 Å². The Morgan fingerprint density at radius 1 is 1.62 bits per heavy atom. The Balaban J connectivity index is 2.29. The average Bonchev–Trinajstić information content (AvgIpc) is 2.68. The third-order valence-corrected chi connectivity index (χ3v) is 3.08. The molecule has 90 valence electrons. The summed E-state index contributed by atoms with van der Waals surface area (Å²) in [6.07, 6.45) is 0. The lowest BCUT2D eigenvalue weighted by molar-refractivity contribution is -0.124. The van der Waals surface area contributed by atoms with Crippen LogP contribution in [0.15, 0.2) is 5.38 Å². The number of rotatable bonds is 6. The van der Waals surface area contributed by atoms with Crippen LogP contribution in [0.5, 0.6) is 0 Å². The second-order valence-electron chi connectivity index (χ2n) is 3.78. The minimum Gasteiger partial charge on any atom is -0.350 e. The zero-order valence-corrected chi connectivity index (χ0v) is 10.9. The van der Waals surface area contributed by atoms with Gasteiger partial charge in [-0.05, 0) is 13.5 Å². The van der Waals surface area contributed by atoms with E-state index in [1.807, 2.05) is 26.2 Å². The summed E-state index contributed by atoms with van der Waals surface area (Å²) in [5.41, 5.74) is 0.937. The molecule has 2 N–H and O–H groups in total. The quantitative estimate of drug-likeness (QED) is 0.789. The molecule has 0 aliphatic heterocycles. The van der Waals surface area contributed by atoms with E-state index in [1.54, 1.807) is 11.3 Å². The molecule has 0 radical (unpaired) electrons. The molecule has 0 saturated carbocycles. The fourth-order valence-electron chi connectivity index (χ4n) is 1.29. The smallest absolute Gasteiger partial charge is 0.224 e. The zero-order valence-electron chi connectivity index (χ0n) is 10.0.